The average Bonchev–Trinajstić information content (AvgIpc) is 2.72. The number of benzene rings is 1. The van der Waals surface area contributed by atoms with Gasteiger partial charge in [-0.3, -0.25) is 0 Å². The second kappa shape index (κ2) is 5.42. The fourth-order valence-corrected chi connectivity index (χ4v) is 1.90. The Morgan fingerprint density at radius 3 is 2.78 bits per heavy atom. The lowest BCUT2D eigenvalue weighted by Gasteiger charge is -2.04. The third-order valence-electron chi connectivity index (χ3n) is 2.23. The van der Waals surface area contributed by atoms with E-state index in [1.165, 1.54) is 10.7 Å². The van der Waals surface area contributed by atoms with E-state index in [2.05, 4.69) is 5.10 Å². The summed E-state index contributed by atoms with van der Waals surface area (Å²) in [6, 6.07) is 8.54. The monoisotopic (exact) mass is 284 g/mol. The zero-order valence-corrected chi connectivity index (χ0v) is 11.1. The molecule has 0 unspecified atom stereocenters. The number of hydrogen-bond donors (Lipinski definition) is 0. The first-order chi connectivity index (χ1) is 8.63. The van der Waals surface area contributed by atoms with Crippen molar-refractivity contribution >= 4 is 29.2 Å². The summed E-state index contributed by atoms with van der Waals surface area (Å²) in [5, 5.41) is 4.88. The van der Waals surface area contributed by atoms with Crippen LogP contribution in [0, 0.1) is 0 Å². The van der Waals surface area contributed by atoms with Gasteiger partial charge in [0, 0.05) is 6.07 Å². The van der Waals surface area contributed by atoms with Crippen LogP contribution in [0.25, 0.3) is 5.69 Å². The number of hydrogen-bond acceptors (Lipinski definition) is 3. The maximum atomic E-state index is 11.5. The Balaban J connectivity index is 2.42. The highest BCUT2D eigenvalue weighted by molar-refractivity contribution is 6.33. The molecule has 0 aliphatic heterocycles. The lowest BCUT2D eigenvalue weighted by atomic mass is 10.3. The van der Waals surface area contributed by atoms with E-state index in [4.69, 9.17) is 27.9 Å². The van der Waals surface area contributed by atoms with Gasteiger partial charge in [0.15, 0.2) is 5.69 Å². The molecule has 0 aliphatic carbocycles. The van der Waals surface area contributed by atoms with Crippen molar-refractivity contribution in [3.63, 3.8) is 0 Å². The fraction of sp³-hybridized carbons (Fsp3) is 0.167. The van der Waals surface area contributed by atoms with Crippen LogP contribution in [0.4, 0.5) is 0 Å². The van der Waals surface area contributed by atoms with Crippen molar-refractivity contribution in [2.24, 2.45) is 0 Å². The van der Waals surface area contributed by atoms with Crippen LogP contribution in [-0.4, -0.2) is 22.4 Å². The molecule has 2 aromatic rings. The smallest absolute Gasteiger partial charge is 0.358 e. The molecule has 0 spiro atoms. The number of esters is 1. The Bertz CT molecular complexity index is 581. The van der Waals surface area contributed by atoms with Gasteiger partial charge in [0.1, 0.15) is 5.15 Å². The predicted molar refractivity (Wildman–Crippen MR) is 69.5 cm³/mol. The number of carbonyl (C=O) groups is 1. The summed E-state index contributed by atoms with van der Waals surface area (Å²) in [6.07, 6.45) is 0. The third-order valence-corrected chi connectivity index (χ3v) is 2.82. The average molecular weight is 285 g/mol. The SMILES string of the molecule is CCOC(=O)c1cc(Cl)n(-c2ccccc2Cl)n1. The molecule has 0 radical (unpaired) electrons. The second-order valence-corrected chi connectivity index (χ2v) is 4.23. The molecule has 0 aliphatic rings. The Hall–Kier alpha value is -1.52. The van der Waals surface area contributed by atoms with Gasteiger partial charge in [-0.05, 0) is 19.1 Å². The summed E-state index contributed by atoms with van der Waals surface area (Å²) in [6.45, 7) is 2.01. The molecule has 2 rings (SSSR count). The topological polar surface area (TPSA) is 44.1 Å². The minimum atomic E-state index is -0.509. The van der Waals surface area contributed by atoms with Crippen molar-refractivity contribution in [1.29, 1.82) is 0 Å². The summed E-state index contributed by atoms with van der Waals surface area (Å²) in [4.78, 5) is 11.5. The summed E-state index contributed by atoms with van der Waals surface area (Å²) in [5.41, 5.74) is 0.765. The highest BCUT2D eigenvalue weighted by Gasteiger charge is 2.16. The van der Waals surface area contributed by atoms with Crippen molar-refractivity contribution in [2.75, 3.05) is 6.61 Å². The predicted octanol–water partition coefficient (Wildman–Crippen LogP) is 3.36. The van der Waals surface area contributed by atoms with Gasteiger partial charge < -0.3 is 4.74 Å². The van der Waals surface area contributed by atoms with Gasteiger partial charge >= 0.3 is 5.97 Å². The summed E-state index contributed by atoms with van der Waals surface area (Å²) < 4.78 is 6.25. The number of nitrogens with zero attached hydrogens (tertiary/aromatic N) is 2. The van der Waals surface area contributed by atoms with E-state index >= 15 is 0 Å². The van der Waals surface area contributed by atoms with E-state index in [-0.39, 0.29) is 12.3 Å². The molecule has 0 saturated carbocycles. The number of aromatic nitrogens is 2. The zero-order valence-electron chi connectivity index (χ0n) is 9.56. The lowest BCUT2D eigenvalue weighted by molar-refractivity contribution is 0.0519. The van der Waals surface area contributed by atoms with Gasteiger partial charge in [-0.1, -0.05) is 35.3 Å². The fourth-order valence-electron chi connectivity index (χ4n) is 1.46. The Morgan fingerprint density at radius 2 is 2.11 bits per heavy atom. The largest absolute Gasteiger partial charge is 0.461 e. The van der Waals surface area contributed by atoms with E-state index in [0.717, 1.165) is 0 Å². The van der Waals surface area contributed by atoms with E-state index in [1.54, 1.807) is 25.1 Å². The van der Waals surface area contributed by atoms with Crippen LogP contribution in [0.5, 0.6) is 0 Å². The third kappa shape index (κ3) is 2.49. The van der Waals surface area contributed by atoms with E-state index in [1.807, 2.05) is 6.07 Å². The van der Waals surface area contributed by atoms with Crippen LogP contribution in [0.2, 0.25) is 10.2 Å². The molecule has 6 heteroatoms. The van der Waals surface area contributed by atoms with Gasteiger partial charge in [0.05, 0.1) is 17.3 Å². The molecule has 0 N–H and O–H groups in total. The van der Waals surface area contributed by atoms with Crippen LogP contribution in [0.3, 0.4) is 0 Å². The van der Waals surface area contributed by atoms with E-state index < -0.39 is 5.97 Å². The van der Waals surface area contributed by atoms with E-state index in [9.17, 15) is 4.79 Å². The minimum Gasteiger partial charge on any atom is -0.461 e. The van der Waals surface area contributed by atoms with Crippen molar-refractivity contribution in [3.8, 4) is 5.69 Å². The molecule has 1 heterocycles. The number of para-hydroxylation sites is 1. The van der Waals surface area contributed by atoms with Crippen LogP contribution < -0.4 is 0 Å². The first kappa shape index (κ1) is 12.9. The summed E-state index contributed by atoms with van der Waals surface area (Å²) in [7, 11) is 0. The van der Waals surface area contributed by atoms with Crippen LogP contribution in [0.1, 0.15) is 17.4 Å². The number of carbonyl (C=O) groups excluding carboxylic acids is 1. The van der Waals surface area contributed by atoms with Crippen molar-refractivity contribution in [2.45, 2.75) is 6.92 Å². The van der Waals surface area contributed by atoms with Gasteiger partial charge in [0.25, 0.3) is 0 Å². The maximum absolute atomic E-state index is 11.5. The lowest BCUT2D eigenvalue weighted by Crippen LogP contribution is -2.06. The summed E-state index contributed by atoms with van der Waals surface area (Å²) in [5.74, 6) is -0.509. The van der Waals surface area contributed by atoms with Gasteiger partial charge in [-0.25, -0.2) is 9.48 Å². The minimum absolute atomic E-state index is 0.154. The Morgan fingerprint density at radius 1 is 1.39 bits per heavy atom. The Labute approximate surface area is 114 Å². The highest BCUT2D eigenvalue weighted by atomic mass is 35.5. The number of ether oxygens (including phenoxy) is 1. The van der Waals surface area contributed by atoms with E-state index in [0.29, 0.717) is 15.9 Å². The standard InChI is InChI=1S/C12H10Cl2N2O2/c1-2-18-12(17)9-7-11(14)16(15-9)10-6-4-3-5-8(10)13/h3-7H,2H2,1H3. The molecule has 0 amide bonds. The molecule has 1 aromatic carbocycles. The van der Waals surface area contributed by atoms with Crippen LogP contribution in [-0.2, 0) is 4.74 Å². The quantitative estimate of drug-likeness (QED) is 0.812. The van der Waals surface area contributed by atoms with Crippen molar-refractivity contribution in [1.82, 2.24) is 9.78 Å². The first-order valence-corrected chi connectivity index (χ1v) is 6.06. The van der Waals surface area contributed by atoms with Crippen LogP contribution >= 0.6 is 23.2 Å². The first-order valence-electron chi connectivity index (χ1n) is 5.31. The molecule has 0 fully saturated rings. The number of rotatable bonds is 3. The Kier molecular flexibility index (Phi) is 3.89. The molecule has 1 aromatic heterocycles. The summed E-state index contributed by atoms with van der Waals surface area (Å²) >= 11 is 12.1. The van der Waals surface area contributed by atoms with Crippen LogP contribution in [0.15, 0.2) is 30.3 Å². The molecule has 18 heavy (non-hydrogen) atoms. The maximum Gasteiger partial charge on any atom is 0.358 e. The second-order valence-electron chi connectivity index (χ2n) is 3.44. The molecule has 94 valence electrons. The molecular weight excluding hydrogens is 275 g/mol. The van der Waals surface area contributed by atoms with Gasteiger partial charge in [0.2, 0.25) is 0 Å². The van der Waals surface area contributed by atoms with Gasteiger partial charge in [-0.15, -0.1) is 0 Å². The van der Waals surface area contributed by atoms with Crippen molar-refractivity contribution < 1.29 is 9.53 Å². The number of halogens is 2. The highest BCUT2D eigenvalue weighted by Crippen LogP contribution is 2.24. The van der Waals surface area contributed by atoms with Gasteiger partial charge in [-0.2, -0.15) is 5.10 Å². The molecule has 0 saturated heterocycles. The normalized spacial score (nSPS) is 10.4. The molecule has 0 bridgehead atoms. The molecular formula is C12H10Cl2N2O2. The zero-order chi connectivity index (χ0) is 13.1. The molecule has 4 nitrogen and oxygen atoms in total. The van der Waals surface area contributed by atoms with Crippen molar-refractivity contribution in [3.05, 3.63) is 46.2 Å². The molecule has 0 atom stereocenters.